The van der Waals surface area contributed by atoms with Crippen molar-refractivity contribution >= 4 is 40.5 Å². The van der Waals surface area contributed by atoms with E-state index in [9.17, 15) is 9.59 Å². The maximum atomic E-state index is 13.3. The van der Waals surface area contributed by atoms with Crippen LogP contribution in [0.15, 0.2) is 48.5 Å². The molecule has 1 aromatic carbocycles. The summed E-state index contributed by atoms with van der Waals surface area (Å²) < 4.78 is 5.91. The van der Waals surface area contributed by atoms with Gasteiger partial charge in [-0.05, 0) is 36.9 Å². The van der Waals surface area contributed by atoms with Crippen LogP contribution in [0.3, 0.4) is 0 Å². The van der Waals surface area contributed by atoms with Crippen molar-refractivity contribution < 1.29 is 14.3 Å². The van der Waals surface area contributed by atoms with Crippen molar-refractivity contribution in [3.05, 3.63) is 64.8 Å². The number of ether oxygens (including phenoxy) is 1. The summed E-state index contributed by atoms with van der Waals surface area (Å²) in [5.41, 5.74) is 1.54. The molecule has 0 aliphatic carbocycles. The summed E-state index contributed by atoms with van der Waals surface area (Å²) in [5.74, 6) is 0.0742. The lowest BCUT2D eigenvalue weighted by atomic mass is 10.1. The highest BCUT2D eigenvalue weighted by Crippen LogP contribution is 2.38. The molecule has 1 fully saturated rings. The summed E-state index contributed by atoms with van der Waals surface area (Å²) in [6, 6.07) is 14.2. The second-order valence-electron chi connectivity index (χ2n) is 7.77. The topological polar surface area (TPSA) is 78.9 Å². The van der Waals surface area contributed by atoms with Gasteiger partial charge in [0.25, 0.3) is 5.91 Å². The first-order valence-electron chi connectivity index (χ1n) is 10.6. The maximum Gasteiger partial charge on any atom is 0.412 e. The molecule has 4 heterocycles. The van der Waals surface area contributed by atoms with Crippen LogP contribution >= 0.6 is 11.6 Å². The Bertz CT molecular complexity index is 1200. The molecule has 0 spiro atoms. The van der Waals surface area contributed by atoms with Crippen molar-refractivity contribution in [1.29, 1.82) is 0 Å². The van der Waals surface area contributed by atoms with E-state index in [1.807, 2.05) is 18.2 Å². The predicted molar refractivity (Wildman–Crippen MR) is 121 cm³/mol. The molecule has 9 heteroatoms. The van der Waals surface area contributed by atoms with Crippen LogP contribution in [0.1, 0.15) is 29.1 Å². The molecule has 2 aliphatic rings. The molecular formula is C23H22ClN5O3. The number of hydrogen-bond donors (Lipinski definition) is 0. The van der Waals surface area contributed by atoms with Gasteiger partial charge in [-0.1, -0.05) is 36.7 Å². The zero-order valence-corrected chi connectivity index (χ0v) is 18.3. The van der Waals surface area contributed by atoms with Gasteiger partial charge >= 0.3 is 6.09 Å². The number of anilines is 1. The second-order valence-corrected chi connectivity index (χ2v) is 8.16. The summed E-state index contributed by atoms with van der Waals surface area (Å²) in [4.78, 5) is 40.4. The number of fused-ring (bicyclic) bond motifs is 2. The van der Waals surface area contributed by atoms with E-state index in [1.165, 1.54) is 4.90 Å². The third kappa shape index (κ3) is 3.65. The largest absolute Gasteiger partial charge is 0.420 e. The third-order valence-electron chi connectivity index (χ3n) is 5.95. The van der Waals surface area contributed by atoms with Crippen molar-refractivity contribution in [2.45, 2.75) is 13.2 Å². The Labute approximate surface area is 190 Å². The lowest BCUT2D eigenvalue weighted by Gasteiger charge is -2.34. The lowest BCUT2D eigenvalue weighted by molar-refractivity contribution is 0.0465. The molecule has 1 unspecified atom stereocenters. The van der Waals surface area contributed by atoms with Gasteiger partial charge in [0.1, 0.15) is 11.0 Å². The number of likely N-dealkylation sites (N-methyl/N-ethyl adjacent to an activating group) is 1. The monoisotopic (exact) mass is 451 g/mol. The summed E-state index contributed by atoms with van der Waals surface area (Å²) in [6.07, 6.45) is -1.35. The molecule has 2 aromatic heterocycles. The van der Waals surface area contributed by atoms with Gasteiger partial charge in [-0.15, -0.1) is 0 Å². The van der Waals surface area contributed by atoms with Crippen LogP contribution in [0.2, 0.25) is 5.15 Å². The van der Waals surface area contributed by atoms with Gasteiger partial charge in [-0.25, -0.2) is 14.8 Å². The van der Waals surface area contributed by atoms with Crippen molar-refractivity contribution in [1.82, 2.24) is 19.8 Å². The molecule has 0 radical (unpaired) electrons. The number of aromatic nitrogens is 2. The third-order valence-corrected chi connectivity index (χ3v) is 6.16. The van der Waals surface area contributed by atoms with E-state index in [0.29, 0.717) is 40.8 Å². The number of carbonyl (C=O) groups is 2. The number of nitrogens with zero attached hydrogens (tertiary/aromatic N) is 5. The quantitative estimate of drug-likeness (QED) is 0.565. The van der Waals surface area contributed by atoms with E-state index >= 15 is 0 Å². The van der Waals surface area contributed by atoms with Crippen LogP contribution in [0.4, 0.5) is 10.6 Å². The molecule has 0 saturated carbocycles. The molecule has 8 nitrogen and oxygen atoms in total. The van der Waals surface area contributed by atoms with Gasteiger partial charge < -0.3 is 14.5 Å². The molecular weight excluding hydrogens is 430 g/mol. The van der Waals surface area contributed by atoms with Crippen LogP contribution in [0, 0.1) is 0 Å². The zero-order chi connectivity index (χ0) is 22.2. The minimum Gasteiger partial charge on any atom is -0.420 e. The molecule has 32 heavy (non-hydrogen) atoms. The van der Waals surface area contributed by atoms with Crippen molar-refractivity contribution in [2.75, 3.05) is 37.6 Å². The van der Waals surface area contributed by atoms with Gasteiger partial charge in [0.15, 0.2) is 5.65 Å². The number of benzene rings is 1. The van der Waals surface area contributed by atoms with Gasteiger partial charge in [0.2, 0.25) is 6.23 Å². The van der Waals surface area contributed by atoms with Crippen LogP contribution < -0.4 is 4.90 Å². The van der Waals surface area contributed by atoms with Crippen LogP contribution in [-0.2, 0) is 4.74 Å². The van der Waals surface area contributed by atoms with E-state index in [2.05, 4.69) is 21.8 Å². The van der Waals surface area contributed by atoms with Crippen molar-refractivity contribution in [3.8, 4) is 0 Å². The molecule has 164 valence electrons. The Hall–Kier alpha value is -3.23. The number of halogens is 1. The fourth-order valence-corrected chi connectivity index (χ4v) is 4.28. The average Bonchev–Trinajstić information content (AvgIpc) is 3.10. The predicted octanol–water partition coefficient (Wildman–Crippen LogP) is 3.72. The number of amides is 2. The summed E-state index contributed by atoms with van der Waals surface area (Å²) >= 11 is 6.03. The maximum absolute atomic E-state index is 13.3. The smallest absolute Gasteiger partial charge is 0.412 e. The first-order valence-corrected chi connectivity index (χ1v) is 11.0. The SMILES string of the molecule is CCN1CCN(C(=O)OC2c3ccccc3C(=O)N2c2ccc3ccc(Cl)nc3n2)CC1. The van der Waals surface area contributed by atoms with Gasteiger partial charge in [0, 0.05) is 42.7 Å². The summed E-state index contributed by atoms with van der Waals surface area (Å²) in [7, 11) is 0. The van der Waals surface area contributed by atoms with Gasteiger partial charge in [0.05, 0.1) is 0 Å². The normalized spacial score (nSPS) is 18.8. The van der Waals surface area contributed by atoms with E-state index in [0.717, 1.165) is 25.0 Å². The summed E-state index contributed by atoms with van der Waals surface area (Å²) in [5, 5.41) is 1.11. The molecule has 1 saturated heterocycles. The van der Waals surface area contributed by atoms with E-state index in [4.69, 9.17) is 16.3 Å². The van der Waals surface area contributed by atoms with Gasteiger partial charge in [-0.3, -0.25) is 9.69 Å². The molecule has 3 aromatic rings. The molecule has 1 atom stereocenters. The molecule has 5 rings (SSSR count). The van der Waals surface area contributed by atoms with Crippen molar-refractivity contribution in [2.24, 2.45) is 0 Å². The van der Waals surface area contributed by atoms with E-state index in [1.54, 1.807) is 35.2 Å². The Morgan fingerprint density at radius 1 is 1.06 bits per heavy atom. The highest BCUT2D eigenvalue weighted by Gasteiger charge is 2.41. The number of carbonyl (C=O) groups excluding carboxylic acids is 2. The molecule has 2 aliphatic heterocycles. The minimum absolute atomic E-state index is 0.275. The number of rotatable bonds is 3. The Kier molecular flexibility index (Phi) is 5.40. The highest BCUT2D eigenvalue weighted by molar-refractivity contribution is 6.29. The van der Waals surface area contributed by atoms with Crippen LogP contribution in [0.5, 0.6) is 0 Å². The number of piperazine rings is 1. The van der Waals surface area contributed by atoms with Crippen molar-refractivity contribution in [3.63, 3.8) is 0 Å². The molecule has 0 N–H and O–H groups in total. The van der Waals surface area contributed by atoms with Crippen LogP contribution in [-0.4, -0.2) is 64.5 Å². The molecule has 0 bridgehead atoms. The number of pyridine rings is 2. The van der Waals surface area contributed by atoms with Crippen LogP contribution in [0.25, 0.3) is 11.0 Å². The minimum atomic E-state index is -0.903. The molecule has 2 amide bonds. The standard InChI is InChI=1S/C23H22ClN5O3/c1-2-27-11-13-28(14-12-27)23(31)32-22-17-6-4-3-5-16(17)21(30)29(22)19-10-8-15-7-9-18(24)25-20(15)26-19/h3-10,22H,2,11-14H2,1H3. The first kappa shape index (κ1) is 20.7. The summed E-state index contributed by atoms with van der Waals surface area (Å²) in [6.45, 7) is 5.83. The average molecular weight is 452 g/mol. The zero-order valence-electron chi connectivity index (χ0n) is 17.6. The first-order chi connectivity index (χ1) is 15.5. The Morgan fingerprint density at radius 3 is 2.59 bits per heavy atom. The number of hydrogen-bond acceptors (Lipinski definition) is 6. The lowest BCUT2D eigenvalue weighted by Crippen LogP contribution is -2.49. The fourth-order valence-electron chi connectivity index (χ4n) is 4.14. The Balaban J connectivity index is 1.47. The fraction of sp³-hybridized carbons (Fsp3) is 0.304. The second kappa shape index (κ2) is 8.37. The van der Waals surface area contributed by atoms with Gasteiger partial charge in [-0.2, -0.15) is 0 Å². The highest BCUT2D eigenvalue weighted by atomic mass is 35.5. The van der Waals surface area contributed by atoms with E-state index in [-0.39, 0.29) is 5.91 Å². The van der Waals surface area contributed by atoms with E-state index < -0.39 is 12.3 Å². The Morgan fingerprint density at radius 2 is 1.81 bits per heavy atom.